The molecule has 2 heterocycles. The Morgan fingerprint density at radius 2 is 1.95 bits per heavy atom. The maximum Gasteiger partial charge on any atom is 0.416 e. The van der Waals surface area contributed by atoms with Gasteiger partial charge in [0, 0.05) is 13.1 Å². The lowest BCUT2D eigenvalue weighted by Gasteiger charge is -2.16. The highest BCUT2D eigenvalue weighted by atomic mass is 19.4. The summed E-state index contributed by atoms with van der Waals surface area (Å²) >= 11 is 0. The summed E-state index contributed by atoms with van der Waals surface area (Å²) < 4.78 is 43.3. The molecular formula is C13H14F3N5O. The van der Waals surface area contributed by atoms with Crippen LogP contribution < -0.4 is 5.32 Å². The van der Waals surface area contributed by atoms with E-state index in [9.17, 15) is 13.2 Å². The minimum Gasteiger partial charge on any atom is -0.371 e. The molecule has 22 heavy (non-hydrogen) atoms. The van der Waals surface area contributed by atoms with Crippen LogP contribution in [-0.2, 0) is 17.5 Å². The Morgan fingerprint density at radius 3 is 2.59 bits per heavy atom. The van der Waals surface area contributed by atoms with Crippen LogP contribution in [0.2, 0.25) is 0 Å². The summed E-state index contributed by atoms with van der Waals surface area (Å²) in [6.07, 6.45) is -4.46. The zero-order valence-electron chi connectivity index (χ0n) is 11.5. The van der Waals surface area contributed by atoms with Gasteiger partial charge in [-0.05, 0) is 17.7 Å². The van der Waals surface area contributed by atoms with E-state index in [0.29, 0.717) is 24.5 Å². The van der Waals surface area contributed by atoms with Crippen molar-refractivity contribution in [1.29, 1.82) is 0 Å². The third-order valence-corrected chi connectivity index (χ3v) is 3.60. The predicted octanol–water partition coefficient (Wildman–Crippen LogP) is 1.49. The molecule has 1 fully saturated rings. The van der Waals surface area contributed by atoms with E-state index >= 15 is 0 Å². The minimum atomic E-state index is -4.32. The Hall–Kier alpha value is -2.00. The summed E-state index contributed by atoms with van der Waals surface area (Å²) in [5.74, 6) is 0.551. The van der Waals surface area contributed by atoms with E-state index in [1.807, 2.05) is 0 Å². The number of ether oxygens (including phenoxy) is 1. The van der Waals surface area contributed by atoms with Crippen LogP contribution in [0.3, 0.4) is 0 Å². The Kier molecular flexibility index (Phi) is 4.08. The van der Waals surface area contributed by atoms with Gasteiger partial charge in [0.25, 0.3) is 0 Å². The first kappa shape index (κ1) is 14.9. The molecule has 0 bridgehead atoms. The van der Waals surface area contributed by atoms with E-state index in [2.05, 4.69) is 25.9 Å². The zero-order chi connectivity index (χ0) is 15.6. The van der Waals surface area contributed by atoms with Crippen LogP contribution in [0.5, 0.6) is 0 Å². The van der Waals surface area contributed by atoms with Gasteiger partial charge in [-0.25, -0.2) is 0 Å². The average Bonchev–Trinajstić information content (AvgIpc) is 3.15. The molecule has 0 radical (unpaired) electrons. The molecule has 118 valence electrons. The van der Waals surface area contributed by atoms with Crippen LogP contribution in [0.1, 0.15) is 22.9 Å². The first-order valence-corrected chi connectivity index (χ1v) is 6.76. The third-order valence-electron chi connectivity index (χ3n) is 3.60. The lowest BCUT2D eigenvalue weighted by Crippen LogP contribution is -2.22. The first-order valence-electron chi connectivity index (χ1n) is 6.76. The fourth-order valence-corrected chi connectivity index (χ4v) is 2.41. The number of H-pyrrole nitrogens is 1. The van der Waals surface area contributed by atoms with Gasteiger partial charge in [0.2, 0.25) is 0 Å². The van der Waals surface area contributed by atoms with E-state index in [0.717, 1.165) is 12.1 Å². The van der Waals surface area contributed by atoms with Crippen LogP contribution in [0.15, 0.2) is 24.3 Å². The molecule has 0 amide bonds. The fourth-order valence-electron chi connectivity index (χ4n) is 2.41. The largest absolute Gasteiger partial charge is 0.416 e. The molecule has 2 N–H and O–H groups in total. The molecule has 2 unspecified atom stereocenters. The van der Waals surface area contributed by atoms with Crippen molar-refractivity contribution >= 4 is 0 Å². The van der Waals surface area contributed by atoms with Crippen molar-refractivity contribution in [3.05, 3.63) is 41.2 Å². The second-order valence-electron chi connectivity index (χ2n) is 5.08. The van der Waals surface area contributed by atoms with Gasteiger partial charge in [-0.15, -0.1) is 10.2 Å². The number of hydrogen-bond acceptors (Lipinski definition) is 5. The van der Waals surface area contributed by atoms with E-state index in [1.54, 1.807) is 0 Å². The van der Waals surface area contributed by atoms with Crippen LogP contribution >= 0.6 is 0 Å². The van der Waals surface area contributed by atoms with E-state index in [4.69, 9.17) is 4.74 Å². The van der Waals surface area contributed by atoms with Gasteiger partial charge in [-0.3, -0.25) is 0 Å². The molecule has 6 nitrogen and oxygen atoms in total. The predicted molar refractivity (Wildman–Crippen MR) is 69.8 cm³/mol. The number of aromatic nitrogens is 4. The standard InChI is InChI=1S/C13H14F3N5O/c14-13(15,16)9-3-1-8(2-4-9)7-22-11-6-17-5-10(11)12-18-20-21-19-12/h1-4,10-11,17H,5-7H2,(H,18,19,20,21). The third kappa shape index (κ3) is 3.25. The number of nitrogens with one attached hydrogen (secondary N) is 2. The van der Waals surface area contributed by atoms with Crippen LogP contribution in [0, 0.1) is 0 Å². The second-order valence-corrected chi connectivity index (χ2v) is 5.08. The van der Waals surface area contributed by atoms with E-state index in [-0.39, 0.29) is 18.6 Å². The summed E-state index contributed by atoms with van der Waals surface area (Å²) in [5, 5.41) is 17.0. The number of hydrogen-bond donors (Lipinski definition) is 2. The SMILES string of the molecule is FC(F)(F)c1ccc(COC2CNCC2c2nn[nH]n2)cc1. The number of tetrazole rings is 1. The Morgan fingerprint density at radius 1 is 1.18 bits per heavy atom. The number of halogens is 3. The highest BCUT2D eigenvalue weighted by Crippen LogP contribution is 2.29. The summed E-state index contributed by atoms with van der Waals surface area (Å²) in [4.78, 5) is 0. The first-order chi connectivity index (χ1) is 10.5. The van der Waals surface area contributed by atoms with Crippen LogP contribution in [0.25, 0.3) is 0 Å². The fraction of sp³-hybridized carbons (Fsp3) is 0.462. The molecule has 1 aliphatic heterocycles. The average molecular weight is 313 g/mol. The normalized spacial score (nSPS) is 22.1. The molecule has 0 aliphatic carbocycles. The van der Waals surface area contributed by atoms with Crippen molar-refractivity contribution in [2.75, 3.05) is 13.1 Å². The molecule has 0 spiro atoms. The zero-order valence-corrected chi connectivity index (χ0v) is 11.5. The lowest BCUT2D eigenvalue weighted by molar-refractivity contribution is -0.137. The van der Waals surface area contributed by atoms with Crippen molar-refractivity contribution in [3.63, 3.8) is 0 Å². The highest BCUT2D eigenvalue weighted by molar-refractivity contribution is 5.24. The topological polar surface area (TPSA) is 75.7 Å². The Labute approximate surface area is 124 Å². The van der Waals surface area contributed by atoms with E-state index in [1.165, 1.54) is 12.1 Å². The van der Waals surface area contributed by atoms with Gasteiger partial charge in [-0.1, -0.05) is 17.3 Å². The molecule has 2 atom stereocenters. The smallest absolute Gasteiger partial charge is 0.371 e. The molecule has 9 heteroatoms. The van der Waals surface area contributed by atoms with Gasteiger partial charge in [0.1, 0.15) is 0 Å². The number of nitrogens with zero attached hydrogens (tertiary/aromatic N) is 3. The Bertz CT molecular complexity index is 599. The molecular weight excluding hydrogens is 299 g/mol. The summed E-state index contributed by atoms with van der Waals surface area (Å²) in [6.45, 7) is 1.55. The van der Waals surface area contributed by atoms with Crippen molar-refractivity contribution in [1.82, 2.24) is 25.9 Å². The number of alkyl halides is 3. The molecule has 1 saturated heterocycles. The van der Waals surface area contributed by atoms with Gasteiger partial charge in [0.05, 0.1) is 24.2 Å². The molecule has 3 rings (SSSR count). The van der Waals surface area contributed by atoms with Crippen molar-refractivity contribution < 1.29 is 17.9 Å². The summed E-state index contributed by atoms with van der Waals surface area (Å²) in [7, 11) is 0. The van der Waals surface area contributed by atoms with Gasteiger partial charge < -0.3 is 10.1 Å². The van der Waals surface area contributed by atoms with E-state index < -0.39 is 11.7 Å². The quantitative estimate of drug-likeness (QED) is 0.894. The summed E-state index contributed by atoms with van der Waals surface area (Å²) in [6, 6.07) is 4.97. The monoisotopic (exact) mass is 313 g/mol. The maximum absolute atomic E-state index is 12.5. The minimum absolute atomic E-state index is 0.0202. The lowest BCUT2D eigenvalue weighted by atomic mass is 10.1. The van der Waals surface area contributed by atoms with Gasteiger partial charge in [0.15, 0.2) is 5.82 Å². The summed E-state index contributed by atoms with van der Waals surface area (Å²) in [5.41, 5.74) is 0.0234. The number of benzene rings is 1. The highest BCUT2D eigenvalue weighted by Gasteiger charge is 2.32. The molecule has 2 aromatic rings. The molecule has 1 aliphatic rings. The number of aromatic amines is 1. The second kappa shape index (κ2) is 6.01. The van der Waals surface area contributed by atoms with Crippen molar-refractivity contribution in [2.45, 2.75) is 24.8 Å². The van der Waals surface area contributed by atoms with Gasteiger partial charge >= 0.3 is 6.18 Å². The van der Waals surface area contributed by atoms with Gasteiger partial charge in [-0.2, -0.15) is 18.4 Å². The van der Waals surface area contributed by atoms with Crippen LogP contribution in [-0.4, -0.2) is 39.8 Å². The number of rotatable bonds is 4. The van der Waals surface area contributed by atoms with Crippen LogP contribution in [0.4, 0.5) is 13.2 Å². The molecule has 1 aromatic carbocycles. The van der Waals surface area contributed by atoms with Crippen molar-refractivity contribution in [2.24, 2.45) is 0 Å². The molecule has 0 saturated carbocycles. The van der Waals surface area contributed by atoms with Crippen molar-refractivity contribution in [3.8, 4) is 0 Å². The maximum atomic E-state index is 12.5. The Balaban J connectivity index is 1.60. The molecule has 1 aromatic heterocycles.